The number of hydrogen-bond acceptors (Lipinski definition) is 5. The zero-order valence-electron chi connectivity index (χ0n) is 19.0. The van der Waals surface area contributed by atoms with E-state index in [1.54, 1.807) is 0 Å². The predicted octanol–water partition coefficient (Wildman–Crippen LogP) is 3.87. The third kappa shape index (κ3) is 2.80. The monoisotopic (exact) mass is 416 g/mol. The molecule has 5 unspecified atom stereocenters. The second kappa shape index (κ2) is 7.01. The molecule has 0 radical (unpaired) electrons. The van der Waals surface area contributed by atoms with Gasteiger partial charge in [-0.3, -0.25) is 14.4 Å². The van der Waals surface area contributed by atoms with Crippen LogP contribution < -0.4 is 0 Å². The van der Waals surface area contributed by atoms with Gasteiger partial charge >= 0.3 is 5.97 Å². The van der Waals surface area contributed by atoms with Crippen molar-refractivity contribution in [1.29, 1.82) is 0 Å². The zero-order valence-corrected chi connectivity index (χ0v) is 19.0. The molecule has 3 fully saturated rings. The molecule has 4 rings (SSSR count). The van der Waals surface area contributed by atoms with Crippen molar-refractivity contribution in [2.75, 3.05) is 6.61 Å². The van der Waals surface area contributed by atoms with Crippen molar-refractivity contribution in [2.24, 2.45) is 40.4 Å². The van der Waals surface area contributed by atoms with Crippen molar-refractivity contribution in [3.63, 3.8) is 0 Å². The van der Waals surface area contributed by atoms with Gasteiger partial charge in [-0.1, -0.05) is 33.3 Å². The molecule has 30 heavy (non-hydrogen) atoms. The van der Waals surface area contributed by atoms with Crippen LogP contribution in [0.1, 0.15) is 73.1 Å². The van der Waals surface area contributed by atoms with Crippen LogP contribution in [-0.2, 0) is 19.1 Å². The first-order chi connectivity index (χ1) is 13.9. The summed E-state index contributed by atoms with van der Waals surface area (Å²) < 4.78 is 4.99. The molecule has 4 aliphatic carbocycles. The summed E-state index contributed by atoms with van der Waals surface area (Å²) in [5.41, 5.74) is -0.590. The Labute approximate surface area is 179 Å². The van der Waals surface area contributed by atoms with E-state index in [1.807, 2.05) is 13.0 Å². The summed E-state index contributed by atoms with van der Waals surface area (Å²) in [4.78, 5) is 36.5. The first-order valence-electron chi connectivity index (χ1n) is 11.6. The number of allylic oxidation sites excluding steroid dienone is 1. The molecule has 0 saturated heterocycles. The largest absolute Gasteiger partial charge is 0.458 e. The number of esters is 1. The fourth-order valence-electron chi connectivity index (χ4n) is 8.20. The smallest absolute Gasteiger partial charge is 0.303 e. The molecule has 0 aromatic rings. The second-order valence-electron chi connectivity index (χ2n) is 11.1. The summed E-state index contributed by atoms with van der Waals surface area (Å²) in [6, 6.07) is 0. The van der Waals surface area contributed by atoms with E-state index in [2.05, 4.69) is 20.8 Å². The van der Waals surface area contributed by atoms with E-state index < -0.39 is 17.0 Å². The van der Waals surface area contributed by atoms with Crippen LogP contribution in [-0.4, -0.2) is 34.9 Å². The third-order valence-electron chi connectivity index (χ3n) is 9.69. The van der Waals surface area contributed by atoms with Gasteiger partial charge in [0.05, 0.1) is 0 Å². The standard InChI is InChI=1S/C25H36O5/c1-14-10-18-19(23(4)8-6-17(27)12-20(14)23)7-9-24(5)21(18)11-15(2)25(24,29)22(28)13-30-16(3)26/h12,14-15,18-19,21,29H,6-11,13H2,1-5H3/t14-,15+,18?,19?,21?,23?,24?,25-/m0/s1. The molecule has 1 N–H and O–H groups in total. The maximum Gasteiger partial charge on any atom is 0.303 e. The number of carbonyl (C=O) groups is 3. The van der Waals surface area contributed by atoms with Gasteiger partial charge in [0.15, 0.2) is 12.4 Å². The molecule has 166 valence electrons. The van der Waals surface area contributed by atoms with Gasteiger partial charge in [-0.25, -0.2) is 0 Å². The number of ketones is 2. The highest BCUT2D eigenvalue weighted by Crippen LogP contribution is 2.69. The molecule has 5 heteroatoms. The lowest BCUT2D eigenvalue weighted by Gasteiger charge is -2.60. The SMILES string of the molecule is CC(=O)OCC(=O)[C@@]1(O)[C@H](C)CC2C3C[C@H](C)C4=CC(=O)CCC4(C)C3CCC21C. The summed E-state index contributed by atoms with van der Waals surface area (Å²) in [5, 5.41) is 11.8. The van der Waals surface area contributed by atoms with Gasteiger partial charge in [-0.15, -0.1) is 0 Å². The van der Waals surface area contributed by atoms with Gasteiger partial charge in [0.25, 0.3) is 0 Å². The molecule has 0 spiro atoms. The number of ether oxygens (including phenoxy) is 1. The maximum atomic E-state index is 13.1. The van der Waals surface area contributed by atoms with Crippen molar-refractivity contribution in [2.45, 2.75) is 78.7 Å². The third-order valence-corrected chi connectivity index (χ3v) is 9.69. The van der Waals surface area contributed by atoms with Crippen LogP contribution in [0.15, 0.2) is 11.6 Å². The van der Waals surface area contributed by atoms with Crippen LogP contribution >= 0.6 is 0 Å². The maximum absolute atomic E-state index is 13.1. The number of fused-ring (bicyclic) bond motifs is 5. The highest BCUT2D eigenvalue weighted by atomic mass is 16.5. The normalized spacial score (nSPS) is 47.6. The number of Topliss-reactive ketones (excluding diaryl/α,β-unsaturated/α-hetero) is 1. The Bertz CT molecular complexity index is 814. The Hall–Kier alpha value is -1.49. The van der Waals surface area contributed by atoms with E-state index in [0.29, 0.717) is 24.2 Å². The minimum absolute atomic E-state index is 0.0449. The number of aliphatic hydroxyl groups is 1. The van der Waals surface area contributed by atoms with Crippen molar-refractivity contribution < 1.29 is 24.2 Å². The summed E-state index contributed by atoms with van der Waals surface area (Å²) in [7, 11) is 0. The molecule has 3 saturated carbocycles. The van der Waals surface area contributed by atoms with E-state index in [1.165, 1.54) is 12.5 Å². The number of rotatable bonds is 3. The average Bonchev–Trinajstić information content (AvgIpc) is 2.89. The van der Waals surface area contributed by atoms with Crippen LogP contribution in [0.2, 0.25) is 0 Å². The molecular weight excluding hydrogens is 380 g/mol. The van der Waals surface area contributed by atoms with Gasteiger partial charge in [0.1, 0.15) is 5.60 Å². The first-order valence-corrected chi connectivity index (χ1v) is 11.6. The Morgan fingerprint density at radius 2 is 1.87 bits per heavy atom. The minimum atomic E-state index is -1.46. The van der Waals surface area contributed by atoms with Gasteiger partial charge in [0, 0.05) is 18.8 Å². The van der Waals surface area contributed by atoms with Crippen LogP contribution in [0.25, 0.3) is 0 Å². The summed E-state index contributed by atoms with van der Waals surface area (Å²) in [6.45, 7) is 9.58. The van der Waals surface area contributed by atoms with Crippen molar-refractivity contribution in [3.8, 4) is 0 Å². The number of hydrogen-bond donors (Lipinski definition) is 1. The minimum Gasteiger partial charge on any atom is -0.458 e. The lowest BCUT2D eigenvalue weighted by molar-refractivity contribution is -0.175. The van der Waals surface area contributed by atoms with Crippen molar-refractivity contribution in [1.82, 2.24) is 0 Å². The van der Waals surface area contributed by atoms with Gasteiger partial charge in [0.2, 0.25) is 5.78 Å². The summed E-state index contributed by atoms with van der Waals surface area (Å²) in [5.74, 6) is 0.780. The van der Waals surface area contributed by atoms with E-state index in [0.717, 1.165) is 32.1 Å². The first kappa shape index (κ1) is 21.7. The Morgan fingerprint density at radius 3 is 2.53 bits per heavy atom. The van der Waals surface area contributed by atoms with Gasteiger partial charge in [-0.05, 0) is 73.2 Å². The molecule has 0 bridgehead atoms. The van der Waals surface area contributed by atoms with Crippen LogP contribution in [0.3, 0.4) is 0 Å². The molecule has 0 aromatic carbocycles. The molecule has 8 atom stereocenters. The predicted molar refractivity (Wildman–Crippen MR) is 112 cm³/mol. The van der Waals surface area contributed by atoms with Crippen LogP contribution in [0.5, 0.6) is 0 Å². The van der Waals surface area contributed by atoms with Crippen molar-refractivity contribution >= 4 is 17.5 Å². The Morgan fingerprint density at radius 1 is 1.17 bits per heavy atom. The number of carbonyl (C=O) groups excluding carboxylic acids is 3. The lowest BCUT2D eigenvalue weighted by atomic mass is 9.44. The second-order valence-corrected chi connectivity index (χ2v) is 11.1. The average molecular weight is 417 g/mol. The highest BCUT2D eigenvalue weighted by Gasteiger charge is 2.69. The topological polar surface area (TPSA) is 80.7 Å². The van der Waals surface area contributed by atoms with E-state index in [-0.39, 0.29) is 35.4 Å². The van der Waals surface area contributed by atoms with Crippen LogP contribution in [0, 0.1) is 40.4 Å². The molecule has 5 nitrogen and oxygen atoms in total. The Balaban J connectivity index is 1.68. The molecule has 0 amide bonds. The van der Waals surface area contributed by atoms with E-state index in [4.69, 9.17) is 4.74 Å². The molecule has 0 aliphatic heterocycles. The quantitative estimate of drug-likeness (QED) is 0.707. The molecule has 0 aromatic heterocycles. The van der Waals surface area contributed by atoms with Gasteiger partial charge < -0.3 is 9.84 Å². The highest BCUT2D eigenvalue weighted by molar-refractivity contribution is 5.92. The fourth-order valence-corrected chi connectivity index (χ4v) is 8.20. The molecule has 4 aliphatic rings. The van der Waals surface area contributed by atoms with Crippen LogP contribution in [0.4, 0.5) is 0 Å². The van der Waals surface area contributed by atoms with E-state index in [9.17, 15) is 19.5 Å². The zero-order chi connectivity index (χ0) is 22.1. The summed E-state index contributed by atoms with van der Waals surface area (Å²) >= 11 is 0. The Kier molecular flexibility index (Phi) is 5.08. The molecule has 0 heterocycles. The van der Waals surface area contributed by atoms with Gasteiger partial charge in [-0.2, -0.15) is 0 Å². The van der Waals surface area contributed by atoms with Crippen molar-refractivity contribution in [3.05, 3.63) is 11.6 Å². The lowest BCUT2D eigenvalue weighted by Crippen LogP contribution is -2.60. The molecular formula is C25H36O5. The van der Waals surface area contributed by atoms with E-state index >= 15 is 0 Å². The summed E-state index contributed by atoms with van der Waals surface area (Å²) in [6.07, 6.45) is 7.05. The fraction of sp³-hybridized carbons (Fsp3) is 0.800.